The zero-order chi connectivity index (χ0) is 30.7. The molecule has 0 aliphatic carbocycles. The molecule has 13 heteroatoms. The van der Waals surface area contributed by atoms with Crippen molar-refractivity contribution in [2.75, 3.05) is 43.4 Å². The molecule has 2 aromatic carbocycles. The molecule has 0 spiro atoms. The molecule has 44 heavy (non-hydrogen) atoms. The number of fused-ring (bicyclic) bond motifs is 3. The summed E-state index contributed by atoms with van der Waals surface area (Å²) in [5.74, 6) is -0.981. The third-order valence-electron chi connectivity index (χ3n) is 9.19. The number of ether oxygens (including phenoxy) is 1. The largest absolute Gasteiger partial charge is 0.461 e. The van der Waals surface area contributed by atoms with Gasteiger partial charge in [-0.2, -0.15) is 9.97 Å². The number of rotatable bonds is 5. The van der Waals surface area contributed by atoms with E-state index in [1.807, 2.05) is 4.90 Å². The molecule has 5 heterocycles. The van der Waals surface area contributed by atoms with Gasteiger partial charge in [-0.25, -0.2) is 18.0 Å². The highest BCUT2D eigenvalue weighted by molar-refractivity contribution is 7.23. The number of aromatic nitrogens is 2. The lowest BCUT2D eigenvalue weighted by atomic mass is 9.95. The van der Waals surface area contributed by atoms with Crippen molar-refractivity contribution in [2.45, 2.75) is 56.3 Å². The van der Waals surface area contributed by atoms with Crippen molar-refractivity contribution >= 4 is 60.4 Å². The first kappa shape index (κ1) is 29.3. The van der Waals surface area contributed by atoms with Gasteiger partial charge in [0.25, 0.3) is 0 Å². The van der Waals surface area contributed by atoms with Gasteiger partial charge in [-0.3, -0.25) is 4.90 Å². The Balaban J connectivity index is 1.40. The van der Waals surface area contributed by atoms with Gasteiger partial charge in [0.1, 0.15) is 29.9 Å². The molecule has 8 nitrogen and oxygen atoms in total. The smallest absolute Gasteiger partial charge is 0.319 e. The number of nitrogens with two attached hydrogens (primary N) is 1. The second-order valence-electron chi connectivity index (χ2n) is 12.0. The van der Waals surface area contributed by atoms with E-state index in [1.54, 1.807) is 6.07 Å². The molecule has 0 unspecified atom stereocenters. The highest BCUT2D eigenvalue weighted by Crippen LogP contribution is 2.49. The molecule has 3 atom stereocenters. The minimum atomic E-state index is -0.938. The van der Waals surface area contributed by atoms with Crippen LogP contribution < -0.4 is 15.4 Å². The van der Waals surface area contributed by atoms with E-state index in [4.69, 9.17) is 33.6 Å². The van der Waals surface area contributed by atoms with E-state index in [0.717, 1.165) is 43.6 Å². The van der Waals surface area contributed by atoms with Crippen LogP contribution in [-0.4, -0.2) is 70.6 Å². The highest BCUT2D eigenvalue weighted by atomic mass is 35.5. The van der Waals surface area contributed by atoms with Crippen molar-refractivity contribution in [1.82, 2.24) is 14.9 Å². The van der Waals surface area contributed by atoms with E-state index in [2.05, 4.69) is 14.7 Å². The summed E-state index contributed by atoms with van der Waals surface area (Å²) in [4.78, 5) is 16.7. The maximum atomic E-state index is 16.8. The first-order valence-corrected chi connectivity index (χ1v) is 15.9. The minimum Gasteiger partial charge on any atom is -0.461 e. The van der Waals surface area contributed by atoms with E-state index in [0.29, 0.717) is 37.1 Å². The Hall–Kier alpha value is -3.37. The van der Waals surface area contributed by atoms with Gasteiger partial charge < -0.3 is 20.5 Å². The molecule has 0 saturated carbocycles. The van der Waals surface area contributed by atoms with Crippen molar-refractivity contribution < 1.29 is 23.0 Å². The molecule has 3 aliphatic heterocycles. The van der Waals surface area contributed by atoms with Gasteiger partial charge in [0.05, 0.1) is 32.9 Å². The minimum absolute atomic E-state index is 0.0259. The summed E-state index contributed by atoms with van der Waals surface area (Å²) in [5, 5.41) is 11.3. The average molecular weight is 643 g/mol. The van der Waals surface area contributed by atoms with Gasteiger partial charge in [-0.15, -0.1) is 11.3 Å². The molecule has 3 aliphatic rings. The summed E-state index contributed by atoms with van der Waals surface area (Å²) >= 11 is 7.71. The van der Waals surface area contributed by atoms with Crippen molar-refractivity contribution in [1.29, 1.82) is 0 Å². The second kappa shape index (κ2) is 11.2. The molecule has 4 aromatic rings. The molecule has 3 saturated heterocycles. The maximum Gasteiger partial charge on any atom is 0.319 e. The number of alkyl halides is 1. The number of nitrogens with zero attached hydrogens (tertiary/aromatic N) is 5. The molecule has 7 rings (SSSR count). The van der Waals surface area contributed by atoms with Crippen molar-refractivity contribution in [3.05, 3.63) is 46.3 Å². The lowest BCUT2D eigenvalue weighted by Crippen LogP contribution is -2.43. The molecule has 0 amide bonds. The number of aliphatic hydroxyl groups excluding tert-OH is 1. The summed E-state index contributed by atoms with van der Waals surface area (Å²) in [6.45, 7) is 9.82. The zero-order valence-corrected chi connectivity index (χ0v) is 25.3. The van der Waals surface area contributed by atoms with Crippen LogP contribution in [-0.2, 0) is 0 Å². The first-order valence-electron chi connectivity index (χ1n) is 14.7. The van der Waals surface area contributed by atoms with Crippen molar-refractivity contribution in [3.63, 3.8) is 0 Å². The maximum absolute atomic E-state index is 16.8. The monoisotopic (exact) mass is 642 g/mol. The Morgan fingerprint density at radius 1 is 1.20 bits per heavy atom. The third-order valence-corrected chi connectivity index (χ3v) is 10.5. The Kier molecular flexibility index (Phi) is 7.48. The van der Waals surface area contributed by atoms with E-state index >= 15 is 4.39 Å². The predicted octanol–water partition coefficient (Wildman–Crippen LogP) is 6.88. The molecule has 0 bridgehead atoms. The van der Waals surface area contributed by atoms with E-state index < -0.39 is 29.4 Å². The van der Waals surface area contributed by atoms with Gasteiger partial charge in [-0.1, -0.05) is 17.7 Å². The van der Waals surface area contributed by atoms with E-state index in [9.17, 15) is 13.9 Å². The Bertz CT molecular complexity index is 1830. The van der Waals surface area contributed by atoms with Crippen LogP contribution in [0.3, 0.4) is 0 Å². The van der Waals surface area contributed by atoms with Crippen LogP contribution in [0.2, 0.25) is 5.02 Å². The summed E-state index contributed by atoms with van der Waals surface area (Å²) < 4.78 is 52.4. The number of nitrogen functional groups attached to an aromatic ring is 1. The standard InChI is InChI=1S/C31H30ClF3N6O2S/c1-37-26-23-18(6-7-21(34)27(23)44-28(26)36)22-20(32)11-19-25(24(22)35)38-30(39-29(19)40-9-3-2-5-17(42)14-40)43-15-31-8-4-10-41(31)13-16(33)12-31/h6-7,11,16-17,42H,2-5,8-10,12-15,36H2/t16-,17+,31+/m1/s1. The van der Waals surface area contributed by atoms with E-state index in [1.165, 1.54) is 12.1 Å². The van der Waals surface area contributed by atoms with Crippen LogP contribution >= 0.6 is 22.9 Å². The third kappa shape index (κ3) is 4.81. The van der Waals surface area contributed by atoms with Gasteiger partial charge in [-0.05, 0) is 56.3 Å². The van der Waals surface area contributed by atoms with E-state index in [-0.39, 0.29) is 61.6 Å². The summed E-state index contributed by atoms with van der Waals surface area (Å²) in [5.41, 5.74) is 5.72. The molecule has 2 aromatic heterocycles. The first-order chi connectivity index (χ1) is 21.2. The fraction of sp³-hybridized carbons (Fsp3) is 0.452. The quantitative estimate of drug-likeness (QED) is 0.229. The van der Waals surface area contributed by atoms with Crippen LogP contribution in [0, 0.1) is 18.2 Å². The highest BCUT2D eigenvalue weighted by Gasteiger charge is 2.49. The number of benzene rings is 2. The predicted molar refractivity (Wildman–Crippen MR) is 167 cm³/mol. The van der Waals surface area contributed by atoms with Crippen LogP contribution in [0.1, 0.15) is 38.5 Å². The van der Waals surface area contributed by atoms with Gasteiger partial charge >= 0.3 is 6.01 Å². The molecular formula is C31H30ClF3N6O2S. The molecule has 3 N–H and O–H groups in total. The molecule has 230 valence electrons. The number of β-amino-alcohol motifs (C(OH)–C–C–N with tert-alkyl or cyclic N) is 1. The van der Waals surface area contributed by atoms with Crippen LogP contribution in [0.4, 0.5) is 29.7 Å². The number of hydrogen-bond acceptors (Lipinski definition) is 8. The van der Waals surface area contributed by atoms with Gasteiger partial charge in [0.15, 0.2) is 5.82 Å². The Labute approximate surface area is 261 Å². The summed E-state index contributed by atoms with van der Waals surface area (Å²) in [6, 6.07) is 4.09. The summed E-state index contributed by atoms with van der Waals surface area (Å²) in [7, 11) is 0. The lowest BCUT2D eigenvalue weighted by molar-refractivity contribution is 0.107. The fourth-order valence-corrected chi connectivity index (χ4v) is 8.40. The Morgan fingerprint density at radius 2 is 2.05 bits per heavy atom. The number of hydrogen-bond donors (Lipinski definition) is 2. The van der Waals surface area contributed by atoms with Crippen LogP contribution in [0.5, 0.6) is 6.01 Å². The topological polar surface area (TPSA) is 92.1 Å². The number of aliphatic hydroxyl groups is 1. The van der Waals surface area contributed by atoms with Crippen LogP contribution in [0.25, 0.3) is 37.0 Å². The zero-order valence-electron chi connectivity index (χ0n) is 23.8. The molecule has 0 radical (unpaired) electrons. The molecular weight excluding hydrogens is 613 g/mol. The van der Waals surface area contributed by atoms with Crippen molar-refractivity contribution in [2.24, 2.45) is 0 Å². The lowest BCUT2D eigenvalue weighted by Gasteiger charge is -2.31. The normalized spacial score (nSPS) is 24.1. The fourth-order valence-electron chi connectivity index (χ4n) is 7.16. The SMILES string of the molecule is [C-]#[N+]c1c(N)sc2c(F)ccc(-c3c(Cl)cc4c(N5CCCC[C@H](O)C5)nc(OC[C@@]56CCCN5C[C@H](F)C6)nc4c3F)c12. The number of halogens is 4. The van der Waals surface area contributed by atoms with Gasteiger partial charge in [0.2, 0.25) is 5.69 Å². The Morgan fingerprint density at radius 3 is 2.86 bits per heavy atom. The van der Waals surface area contributed by atoms with Gasteiger partial charge in [0, 0.05) is 42.4 Å². The van der Waals surface area contributed by atoms with Crippen molar-refractivity contribution in [3.8, 4) is 17.1 Å². The second-order valence-corrected chi connectivity index (χ2v) is 13.4. The number of anilines is 2. The molecule has 3 fully saturated rings. The summed E-state index contributed by atoms with van der Waals surface area (Å²) in [6.07, 6.45) is 2.82. The number of thiophene rings is 1. The average Bonchev–Trinajstić information content (AvgIpc) is 3.57. The van der Waals surface area contributed by atoms with Crippen LogP contribution in [0.15, 0.2) is 18.2 Å².